The largest absolute Gasteiger partial charge is 0.573 e. The van der Waals surface area contributed by atoms with Gasteiger partial charge in [-0.2, -0.15) is 10.3 Å². The molecule has 1 saturated heterocycles. The van der Waals surface area contributed by atoms with E-state index >= 15 is 0 Å². The van der Waals surface area contributed by atoms with Crippen LogP contribution in [0.2, 0.25) is 0 Å². The number of amides is 3. The number of aryl methyl sites for hydroxylation is 3. The Balaban J connectivity index is 1.28. The average Bonchev–Trinajstić information content (AvgIpc) is 3.59. The van der Waals surface area contributed by atoms with E-state index in [0.717, 1.165) is 28.5 Å². The van der Waals surface area contributed by atoms with Gasteiger partial charge in [-0.3, -0.25) is 9.69 Å². The minimum absolute atomic E-state index is 0.142. The molecule has 3 aromatic carbocycles. The molecule has 0 bridgehead atoms. The second-order valence-electron chi connectivity index (χ2n) is 9.85. The number of ether oxygens (including phenoxy) is 1. The Morgan fingerprint density at radius 2 is 1.75 bits per heavy atom. The van der Waals surface area contributed by atoms with Crippen molar-refractivity contribution >= 4 is 34.6 Å². The Morgan fingerprint density at radius 1 is 1.09 bits per heavy atom. The number of halogens is 3. The third kappa shape index (κ3) is 6.73. The first-order valence-corrected chi connectivity index (χ1v) is 14.1. The summed E-state index contributed by atoms with van der Waals surface area (Å²) < 4.78 is 42.5. The lowest BCUT2D eigenvalue weighted by Crippen LogP contribution is -2.33. The van der Waals surface area contributed by atoms with Crippen molar-refractivity contribution in [2.45, 2.75) is 33.2 Å². The average molecular weight is 620 g/mol. The Bertz CT molecular complexity index is 1770. The molecule has 1 aliphatic rings. The number of benzene rings is 3. The molecule has 1 atom stereocenters. The fourth-order valence-electron chi connectivity index (χ4n) is 4.77. The molecule has 1 N–H and O–H groups in total. The summed E-state index contributed by atoms with van der Waals surface area (Å²) in [5.41, 5.74) is 5.07. The number of nitrogens with zero attached hydrogens (tertiary/aromatic N) is 6. The Hall–Kier alpha value is -5.16. The maximum atomic E-state index is 12.9. The van der Waals surface area contributed by atoms with Gasteiger partial charge in [0.2, 0.25) is 5.91 Å². The molecule has 0 radical (unpaired) electrons. The van der Waals surface area contributed by atoms with E-state index in [1.807, 2.05) is 39.0 Å². The molecular formula is C30H24F3N7O3S. The van der Waals surface area contributed by atoms with Gasteiger partial charge in [-0.05, 0) is 61.7 Å². The number of anilines is 1. The van der Waals surface area contributed by atoms with Crippen molar-refractivity contribution in [1.82, 2.24) is 20.1 Å². The number of aromatic nitrogens is 3. The van der Waals surface area contributed by atoms with Gasteiger partial charge in [0.15, 0.2) is 11.0 Å². The highest BCUT2D eigenvalue weighted by molar-refractivity contribution is 8.15. The van der Waals surface area contributed by atoms with Gasteiger partial charge in [-0.1, -0.05) is 53.7 Å². The van der Waals surface area contributed by atoms with Crippen LogP contribution in [0.1, 0.15) is 28.3 Å². The summed E-state index contributed by atoms with van der Waals surface area (Å²) in [6.45, 7) is 5.76. The van der Waals surface area contributed by atoms with Gasteiger partial charge in [0, 0.05) is 5.56 Å². The van der Waals surface area contributed by atoms with Crippen LogP contribution in [-0.4, -0.2) is 44.0 Å². The molecule has 1 fully saturated rings. The fraction of sp³-hybridized carbons (Fsp3) is 0.200. The maximum absolute atomic E-state index is 12.9. The molecule has 44 heavy (non-hydrogen) atoms. The highest BCUT2D eigenvalue weighted by Crippen LogP contribution is 2.33. The van der Waals surface area contributed by atoms with Crippen molar-refractivity contribution in [3.05, 3.63) is 89.2 Å². The third-order valence-electron chi connectivity index (χ3n) is 6.55. The zero-order valence-electron chi connectivity index (χ0n) is 23.6. The summed E-state index contributed by atoms with van der Waals surface area (Å²) in [7, 11) is 0. The Kier molecular flexibility index (Phi) is 8.41. The maximum Gasteiger partial charge on any atom is 0.573 e. The number of nitrogens with one attached hydrogen (secondary N) is 1. The number of urea groups is 1. The van der Waals surface area contributed by atoms with Gasteiger partial charge >= 0.3 is 12.4 Å². The SMILES string of the molecule is Cc1cc(C)c(N2C(=O)CSC2=NC(=O)NC(C#N)c2ccc(-c3ncn(-c4ccc(OC(F)(F)F)cc4)n3)cc2)c(C)c1. The predicted octanol–water partition coefficient (Wildman–Crippen LogP) is 6.17. The quantitative estimate of drug-likeness (QED) is 0.274. The lowest BCUT2D eigenvalue weighted by Gasteiger charge is -2.21. The summed E-state index contributed by atoms with van der Waals surface area (Å²) in [5.74, 6) is -0.0655. The van der Waals surface area contributed by atoms with E-state index in [0.29, 0.717) is 28.3 Å². The van der Waals surface area contributed by atoms with Crippen LogP contribution in [-0.2, 0) is 4.79 Å². The Labute approximate surface area is 254 Å². The fourth-order valence-corrected chi connectivity index (χ4v) is 5.62. The van der Waals surface area contributed by atoms with Crippen LogP contribution >= 0.6 is 11.8 Å². The van der Waals surface area contributed by atoms with Crippen LogP contribution < -0.4 is 15.0 Å². The number of aliphatic imine (C=N–C) groups is 1. The predicted molar refractivity (Wildman–Crippen MR) is 158 cm³/mol. The molecule has 1 aromatic heterocycles. The summed E-state index contributed by atoms with van der Waals surface area (Å²) in [6, 6.07) is 16.0. The van der Waals surface area contributed by atoms with Gasteiger partial charge in [0.1, 0.15) is 18.1 Å². The summed E-state index contributed by atoms with van der Waals surface area (Å²) in [5, 5.41) is 17.0. The van der Waals surface area contributed by atoms with Gasteiger partial charge in [0.05, 0.1) is 23.2 Å². The number of alkyl halides is 3. The van der Waals surface area contributed by atoms with Crippen LogP contribution in [0.3, 0.4) is 0 Å². The number of nitriles is 1. The van der Waals surface area contributed by atoms with Crippen LogP contribution in [0.4, 0.5) is 23.7 Å². The molecule has 3 amide bonds. The standard InChI is InChI=1S/C30H24F3N7O3S/c1-17-12-18(2)26(19(3)13-17)40-25(41)15-44-29(40)37-28(42)36-24(14-34)20-4-6-21(7-5-20)27-35-16-39(38-27)22-8-10-23(11-9-22)43-30(31,32)33/h4-13,16,24H,15H2,1-3H3,(H,36,42). The van der Waals surface area contributed by atoms with E-state index in [1.165, 1.54) is 40.2 Å². The first kappa shape index (κ1) is 30.3. The van der Waals surface area contributed by atoms with Crippen molar-refractivity contribution in [3.63, 3.8) is 0 Å². The molecule has 0 aliphatic carbocycles. The second-order valence-corrected chi connectivity index (χ2v) is 10.8. The van der Waals surface area contributed by atoms with E-state index in [1.54, 1.807) is 24.3 Å². The molecule has 0 spiro atoms. The second kappa shape index (κ2) is 12.2. The smallest absolute Gasteiger partial charge is 0.406 e. The van der Waals surface area contributed by atoms with Gasteiger partial charge in [-0.25, -0.2) is 14.5 Å². The number of hydrogen-bond acceptors (Lipinski definition) is 7. The number of carbonyl (C=O) groups is 2. The zero-order chi connectivity index (χ0) is 31.6. The van der Waals surface area contributed by atoms with Gasteiger partial charge in [0.25, 0.3) is 0 Å². The van der Waals surface area contributed by atoms with Crippen molar-refractivity contribution in [2.24, 2.45) is 4.99 Å². The van der Waals surface area contributed by atoms with E-state index in [2.05, 4.69) is 25.1 Å². The van der Waals surface area contributed by atoms with E-state index in [-0.39, 0.29) is 22.6 Å². The van der Waals surface area contributed by atoms with Gasteiger partial charge in [-0.15, -0.1) is 18.3 Å². The minimum atomic E-state index is -4.79. The minimum Gasteiger partial charge on any atom is -0.406 e. The molecule has 224 valence electrons. The lowest BCUT2D eigenvalue weighted by molar-refractivity contribution is -0.274. The normalized spacial score (nSPS) is 14.9. The van der Waals surface area contributed by atoms with Crippen LogP contribution in [0.5, 0.6) is 5.75 Å². The molecule has 10 nitrogen and oxygen atoms in total. The molecule has 1 unspecified atom stereocenters. The first-order chi connectivity index (χ1) is 20.9. The molecular weight excluding hydrogens is 595 g/mol. The van der Waals surface area contributed by atoms with Crippen LogP contribution in [0.15, 0.2) is 72.0 Å². The van der Waals surface area contributed by atoms with Crippen molar-refractivity contribution in [3.8, 4) is 28.9 Å². The molecule has 4 aromatic rings. The lowest BCUT2D eigenvalue weighted by atomic mass is 10.0. The first-order valence-electron chi connectivity index (χ1n) is 13.1. The van der Waals surface area contributed by atoms with Crippen LogP contribution in [0, 0.1) is 32.1 Å². The van der Waals surface area contributed by atoms with Crippen molar-refractivity contribution in [2.75, 3.05) is 10.7 Å². The van der Waals surface area contributed by atoms with Gasteiger partial charge < -0.3 is 10.1 Å². The highest BCUT2D eigenvalue weighted by Gasteiger charge is 2.33. The molecule has 1 aliphatic heterocycles. The highest BCUT2D eigenvalue weighted by atomic mass is 32.2. The Morgan fingerprint density at radius 3 is 2.36 bits per heavy atom. The third-order valence-corrected chi connectivity index (χ3v) is 7.47. The summed E-state index contributed by atoms with van der Waals surface area (Å²) >= 11 is 1.15. The van der Waals surface area contributed by atoms with Crippen LogP contribution in [0.25, 0.3) is 17.1 Å². The topological polar surface area (TPSA) is 126 Å². The molecule has 14 heteroatoms. The number of thioether (sulfide) groups is 1. The summed E-state index contributed by atoms with van der Waals surface area (Å²) in [6.07, 6.45) is -3.37. The van der Waals surface area contributed by atoms with Crippen molar-refractivity contribution in [1.29, 1.82) is 5.26 Å². The molecule has 5 rings (SSSR count). The van der Waals surface area contributed by atoms with E-state index in [4.69, 9.17) is 0 Å². The summed E-state index contributed by atoms with van der Waals surface area (Å²) in [4.78, 5) is 35.4. The number of amidine groups is 1. The molecule has 2 heterocycles. The number of hydrogen-bond donors (Lipinski definition) is 1. The van der Waals surface area contributed by atoms with E-state index in [9.17, 15) is 28.0 Å². The number of carbonyl (C=O) groups excluding carboxylic acids is 2. The molecule has 0 saturated carbocycles. The zero-order valence-corrected chi connectivity index (χ0v) is 24.4. The van der Waals surface area contributed by atoms with E-state index < -0.39 is 18.4 Å². The number of rotatable bonds is 6. The van der Waals surface area contributed by atoms with Crippen molar-refractivity contribution < 1.29 is 27.5 Å². The monoisotopic (exact) mass is 619 g/mol.